The summed E-state index contributed by atoms with van der Waals surface area (Å²) in [6.07, 6.45) is 0. The van der Waals surface area contributed by atoms with E-state index in [2.05, 4.69) is 0 Å². The summed E-state index contributed by atoms with van der Waals surface area (Å²) in [6.45, 7) is 3.50. The molecular formula is C12H15ClFNO2. The first-order chi connectivity index (χ1) is 7.82. The highest BCUT2D eigenvalue weighted by molar-refractivity contribution is 6.33. The number of carbonyl (C=O) groups is 1. The molecule has 0 radical (unpaired) electrons. The fourth-order valence-corrected chi connectivity index (χ4v) is 1.88. The van der Waals surface area contributed by atoms with E-state index in [1.165, 1.54) is 12.1 Å². The van der Waals surface area contributed by atoms with Crippen molar-refractivity contribution in [2.75, 3.05) is 18.5 Å². The third-order valence-electron chi connectivity index (χ3n) is 2.61. The predicted octanol–water partition coefficient (Wildman–Crippen LogP) is 2.94. The topological polar surface area (TPSA) is 40.5 Å². The van der Waals surface area contributed by atoms with Gasteiger partial charge in [-0.1, -0.05) is 18.5 Å². The first-order valence-corrected chi connectivity index (χ1v) is 5.60. The lowest BCUT2D eigenvalue weighted by Crippen LogP contribution is -2.28. The lowest BCUT2D eigenvalue weighted by molar-refractivity contribution is -0.140. The highest BCUT2D eigenvalue weighted by Crippen LogP contribution is 2.28. The van der Waals surface area contributed by atoms with E-state index >= 15 is 0 Å². The molecule has 1 N–H and O–H groups in total. The molecule has 1 unspecified atom stereocenters. The van der Waals surface area contributed by atoms with Crippen molar-refractivity contribution in [3.63, 3.8) is 0 Å². The van der Waals surface area contributed by atoms with E-state index in [0.29, 0.717) is 16.3 Å². The lowest BCUT2D eigenvalue weighted by Gasteiger charge is -2.23. The van der Waals surface area contributed by atoms with E-state index in [9.17, 15) is 9.18 Å². The standard InChI is InChI=1S/C12H15ClFNO2/c1-7-4-9(13)11(5-10(7)14)15(3)6-8(2)12(16)17/h4-5,8H,6H2,1-3H3,(H,16,17). The van der Waals surface area contributed by atoms with Crippen molar-refractivity contribution in [2.24, 2.45) is 5.92 Å². The Hall–Kier alpha value is -1.29. The van der Waals surface area contributed by atoms with Crippen molar-refractivity contribution in [1.29, 1.82) is 0 Å². The van der Waals surface area contributed by atoms with Crippen LogP contribution in [0.5, 0.6) is 0 Å². The molecule has 5 heteroatoms. The van der Waals surface area contributed by atoms with Crippen LogP contribution in [0, 0.1) is 18.7 Å². The Balaban J connectivity index is 2.92. The number of carboxylic acids is 1. The number of halogens is 2. The highest BCUT2D eigenvalue weighted by Gasteiger charge is 2.16. The van der Waals surface area contributed by atoms with Gasteiger partial charge in [-0.25, -0.2) is 4.39 Å². The SMILES string of the molecule is Cc1cc(Cl)c(N(C)CC(C)C(=O)O)cc1F. The summed E-state index contributed by atoms with van der Waals surface area (Å²) in [7, 11) is 1.69. The zero-order valence-corrected chi connectivity index (χ0v) is 10.8. The van der Waals surface area contributed by atoms with E-state index in [1.54, 1.807) is 25.8 Å². The molecule has 0 heterocycles. The lowest BCUT2D eigenvalue weighted by atomic mass is 10.1. The number of rotatable bonds is 4. The van der Waals surface area contributed by atoms with Crippen LogP contribution in [-0.4, -0.2) is 24.7 Å². The number of carboxylic acid groups (broad SMARTS) is 1. The van der Waals surface area contributed by atoms with E-state index in [0.717, 1.165) is 0 Å². The fraction of sp³-hybridized carbons (Fsp3) is 0.417. The average Bonchev–Trinajstić information content (AvgIpc) is 2.22. The third kappa shape index (κ3) is 3.33. The second-order valence-electron chi connectivity index (χ2n) is 4.17. The van der Waals surface area contributed by atoms with Crippen molar-refractivity contribution < 1.29 is 14.3 Å². The molecule has 1 atom stereocenters. The van der Waals surface area contributed by atoms with Crippen LogP contribution in [0.25, 0.3) is 0 Å². The minimum atomic E-state index is -0.888. The van der Waals surface area contributed by atoms with Gasteiger partial charge in [0, 0.05) is 13.6 Å². The van der Waals surface area contributed by atoms with Crippen LogP contribution in [0.1, 0.15) is 12.5 Å². The fourth-order valence-electron chi connectivity index (χ4n) is 1.52. The van der Waals surface area contributed by atoms with Gasteiger partial charge in [0.05, 0.1) is 16.6 Å². The summed E-state index contributed by atoms with van der Waals surface area (Å²) >= 11 is 6.00. The molecule has 1 rings (SSSR count). The maximum Gasteiger partial charge on any atom is 0.308 e. The van der Waals surface area contributed by atoms with Gasteiger partial charge in [-0.05, 0) is 24.6 Å². The van der Waals surface area contributed by atoms with Crippen molar-refractivity contribution in [1.82, 2.24) is 0 Å². The zero-order chi connectivity index (χ0) is 13.2. The minimum Gasteiger partial charge on any atom is -0.481 e. The van der Waals surface area contributed by atoms with E-state index in [4.69, 9.17) is 16.7 Å². The molecule has 3 nitrogen and oxygen atoms in total. The Bertz CT molecular complexity index is 437. The molecule has 0 saturated carbocycles. The van der Waals surface area contributed by atoms with Gasteiger partial charge in [-0.15, -0.1) is 0 Å². The molecule has 0 aliphatic rings. The molecule has 0 aliphatic carbocycles. The molecule has 0 bridgehead atoms. The monoisotopic (exact) mass is 259 g/mol. The van der Waals surface area contributed by atoms with Gasteiger partial charge in [-0.2, -0.15) is 0 Å². The van der Waals surface area contributed by atoms with Gasteiger partial charge < -0.3 is 10.0 Å². The second-order valence-corrected chi connectivity index (χ2v) is 4.58. The quantitative estimate of drug-likeness (QED) is 0.904. The maximum atomic E-state index is 13.4. The summed E-state index contributed by atoms with van der Waals surface area (Å²) < 4.78 is 13.4. The smallest absolute Gasteiger partial charge is 0.308 e. The molecule has 0 aliphatic heterocycles. The van der Waals surface area contributed by atoms with Crippen LogP contribution in [0.2, 0.25) is 5.02 Å². The van der Waals surface area contributed by atoms with Crippen molar-refractivity contribution in [3.8, 4) is 0 Å². The minimum absolute atomic E-state index is 0.275. The largest absolute Gasteiger partial charge is 0.481 e. The van der Waals surface area contributed by atoms with Crippen LogP contribution < -0.4 is 4.90 Å². The number of nitrogens with zero attached hydrogens (tertiary/aromatic N) is 1. The van der Waals surface area contributed by atoms with Gasteiger partial charge in [-0.3, -0.25) is 4.79 Å². The molecular weight excluding hydrogens is 245 g/mol. The summed E-state index contributed by atoms with van der Waals surface area (Å²) in [5, 5.41) is 9.23. The van der Waals surface area contributed by atoms with E-state index in [1.807, 2.05) is 0 Å². The Morgan fingerprint density at radius 3 is 2.71 bits per heavy atom. The van der Waals surface area contributed by atoms with Gasteiger partial charge in [0.1, 0.15) is 5.82 Å². The van der Waals surface area contributed by atoms with Crippen LogP contribution in [0.3, 0.4) is 0 Å². The molecule has 0 amide bonds. The van der Waals surface area contributed by atoms with Gasteiger partial charge in [0.25, 0.3) is 0 Å². The zero-order valence-electron chi connectivity index (χ0n) is 10.00. The third-order valence-corrected chi connectivity index (χ3v) is 2.91. The number of anilines is 1. The van der Waals surface area contributed by atoms with Gasteiger partial charge in [0.15, 0.2) is 0 Å². The van der Waals surface area contributed by atoms with E-state index in [-0.39, 0.29) is 12.4 Å². The number of hydrogen-bond acceptors (Lipinski definition) is 2. The molecule has 94 valence electrons. The molecule has 0 spiro atoms. The average molecular weight is 260 g/mol. The highest BCUT2D eigenvalue weighted by atomic mass is 35.5. The van der Waals surface area contributed by atoms with Crippen molar-refractivity contribution in [2.45, 2.75) is 13.8 Å². The number of benzene rings is 1. The first-order valence-electron chi connectivity index (χ1n) is 5.22. The summed E-state index contributed by atoms with van der Waals surface area (Å²) in [6, 6.07) is 2.86. The first kappa shape index (κ1) is 13.8. The Kier molecular flexibility index (Phi) is 4.34. The summed E-state index contributed by atoms with van der Waals surface area (Å²) in [4.78, 5) is 12.4. The van der Waals surface area contributed by atoms with Crippen molar-refractivity contribution >= 4 is 23.3 Å². The molecule has 17 heavy (non-hydrogen) atoms. The molecule has 0 saturated heterocycles. The van der Waals surface area contributed by atoms with Crippen molar-refractivity contribution in [3.05, 3.63) is 28.5 Å². The summed E-state index contributed by atoms with van der Waals surface area (Å²) in [5.74, 6) is -1.78. The Labute approximate surface area is 105 Å². The van der Waals surface area contributed by atoms with Crippen LogP contribution in [0.15, 0.2) is 12.1 Å². The van der Waals surface area contributed by atoms with Gasteiger partial charge in [0.2, 0.25) is 0 Å². The summed E-state index contributed by atoms with van der Waals surface area (Å²) in [5.41, 5.74) is 0.973. The predicted molar refractivity (Wildman–Crippen MR) is 66.2 cm³/mol. The van der Waals surface area contributed by atoms with Crippen LogP contribution >= 0.6 is 11.6 Å². The Morgan fingerprint density at radius 1 is 1.59 bits per heavy atom. The Morgan fingerprint density at radius 2 is 2.18 bits per heavy atom. The molecule has 1 aromatic carbocycles. The van der Waals surface area contributed by atoms with Crippen LogP contribution in [-0.2, 0) is 4.79 Å². The molecule has 0 fully saturated rings. The van der Waals surface area contributed by atoms with E-state index < -0.39 is 11.9 Å². The molecule has 0 aromatic heterocycles. The number of aliphatic carboxylic acids is 1. The molecule has 1 aromatic rings. The van der Waals surface area contributed by atoms with Gasteiger partial charge >= 0.3 is 5.97 Å². The second kappa shape index (κ2) is 5.36. The maximum absolute atomic E-state index is 13.4. The number of hydrogen-bond donors (Lipinski definition) is 1. The normalized spacial score (nSPS) is 12.3. The number of aryl methyl sites for hydroxylation is 1. The van der Waals surface area contributed by atoms with Crippen LogP contribution in [0.4, 0.5) is 10.1 Å².